The number of methoxy groups -OCH3 is 1. The number of carbonyl (C=O) groups excluding carboxylic acids is 1. The molecule has 0 fully saturated rings. The van der Waals surface area contributed by atoms with Gasteiger partial charge in [-0.3, -0.25) is 0 Å². The van der Waals surface area contributed by atoms with Gasteiger partial charge >= 0.3 is 5.97 Å². The van der Waals surface area contributed by atoms with Crippen LogP contribution in [0.1, 0.15) is 30.1 Å². The molecule has 4 heteroatoms. The molecule has 0 aliphatic carbocycles. The molecule has 0 aliphatic rings. The molecular formula is C16H18O4. The van der Waals surface area contributed by atoms with Crippen LogP contribution in [0, 0.1) is 0 Å². The van der Waals surface area contributed by atoms with E-state index in [1.54, 1.807) is 31.4 Å². The van der Waals surface area contributed by atoms with Crippen molar-refractivity contribution >= 4 is 16.7 Å². The molecule has 0 saturated heterocycles. The van der Waals surface area contributed by atoms with E-state index in [4.69, 9.17) is 9.47 Å². The lowest BCUT2D eigenvalue weighted by molar-refractivity contribution is 0.0499. The van der Waals surface area contributed by atoms with Crippen molar-refractivity contribution in [2.45, 2.75) is 19.8 Å². The third-order valence-electron chi connectivity index (χ3n) is 3.11. The van der Waals surface area contributed by atoms with E-state index in [2.05, 4.69) is 0 Å². The predicted octanol–water partition coefficient (Wildman–Crippen LogP) is 3.51. The number of hydrogen-bond acceptors (Lipinski definition) is 4. The van der Waals surface area contributed by atoms with E-state index in [1.165, 1.54) is 6.07 Å². The molecule has 0 heterocycles. The number of hydrogen-bond donors (Lipinski definition) is 1. The van der Waals surface area contributed by atoms with Gasteiger partial charge in [0.2, 0.25) is 0 Å². The lowest BCUT2D eigenvalue weighted by Crippen LogP contribution is -2.06. The summed E-state index contributed by atoms with van der Waals surface area (Å²) in [5, 5.41) is 11.4. The standard InChI is InChI=1S/C16H18O4/c1-3-4-7-20-16(18)12-8-11-5-6-13(19-2)10-14(11)15(17)9-12/h5-6,8-10,17H,3-4,7H2,1-2H3. The van der Waals surface area contributed by atoms with Crippen molar-refractivity contribution in [3.63, 3.8) is 0 Å². The summed E-state index contributed by atoms with van der Waals surface area (Å²) in [5.41, 5.74) is 0.358. The Morgan fingerprint density at radius 3 is 2.75 bits per heavy atom. The molecular weight excluding hydrogens is 256 g/mol. The first kappa shape index (κ1) is 14.2. The maximum Gasteiger partial charge on any atom is 0.338 e. The second kappa shape index (κ2) is 6.28. The van der Waals surface area contributed by atoms with Crippen LogP contribution in [-0.2, 0) is 4.74 Å². The van der Waals surface area contributed by atoms with Crippen LogP contribution in [0.5, 0.6) is 11.5 Å². The zero-order chi connectivity index (χ0) is 14.5. The lowest BCUT2D eigenvalue weighted by Gasteiger charge is -2.08. The molecule has 106 valence electrons. The molecule has 0 aromatic heterocycles. The highest BCUT2D eigenvalue weighted by molar-refractivity contribution is 5.98. The summed E-state index contributed by atoms with van der Waals surface area (Å²) in [7, 11) is 1.57. The molecule has 1 N–H and O–H groups in total. The van der Waals surface area contributed by atoms with E-state index in [-0.39, 0.29) is 5.75 Å². The Hall–Kier alpha value is -2.23. The number of esters is 1. The van der Waals surface area contributed by atoms with Crippen LogP contribution in [0.2, 0.25) is 0 Å². The molecule has 0 aliphatic heterocycles. The zero-order valence-electron chi connectivity index (χ0n) is 11.7. The van der Waals surface area contributed by atoms with E-state index >= 15 is 0 Å². The van der Waals surface area contributed by atoms with Crippen molar-refractivity contribution in [2.75, 3.05) is 13.7 Å². The van der Waals surface area contributed by atoms with Gasteiger partial charge in [-0.2, -0.15) is 0 Å². The molecule has 0 atom stereocenters. The second-order valence-corrected chi connectivity index (χ2v) is 4.57. The van der Waals surface area contributed by atoms with Crippen molar-refractivity contribution in [1.82, 2.24) is 0 Å². The van der Waals surface area contributed by atoms with Gasteiger partial charge in [0, 0.05) is 5.39 Å². The number of benzene rings is 2. The van der Waals surface area contributed by atoms with Crippen LogP contribution >= 0.6 is 0 Å². The quantitative estimate of drug-likeness (QED) is 0.669. The Bertz CT molecular complexity index is 619. The molecule has 0 radical (unpaired) electrons. The number of ether oxygens (including phenoxy) is 2. The fourth-order valence-corrected chi connectivity index (χ4v) is 1.95. The summed E-state index contributed by atoms with van der Waals surface area (Å²) in [6, 6.07) is 8.46. The number of phenols is 1. The van der Waals surface area contributed by atoms with Crippen LogP contribution in [0.15, 0.2) is 30.3 Å². The van der Waals surface area contributed by atoms with Gasteiger partial charge < -0.3 is 14.6 Å². The third-order valence-corrected chi connectivity index (χ3v) is 3.11. The van der Waals surface area contributed by atoms with Gasteiger partial charge in [0.25, 0.3) is 0 Å². The molecule has 4 nitrogen and oxygen atoms in total. The van der Waals surface area contributed by atoms with Gasteiger partial charge in [-0.15, -0.1) is 0 Å². The summed E-state index contributed by atoms with van der Waals surface area (Å²) in [5.74, 6) is 0.293. The number of rotatable bonds is 5. The first-order valence-electron chi connectivity index (χ1n) is 6.63. The molecule has 0 bridgehead atoms. The number of phenolic OH excluding ortho intramolecular Hbond substituents is 1. The molecule has 2 aromatic rings. The van der Waals surface area contributed by atoms with Gasteiger partial charge in [-0.25, -0.2) is 4.79 Å². The SMILES string of the molecule is CCCCOC(=O)c1cc(O)c2cc(OC)ccc2c1. The minimum atomic E-state index is -0.411. The fraction of sp³-hybridized carbons (Fsp3) is 0.312. The Labute approximate surface area is 117 Å². The van der Waals surface area contributed by atoms with Gasteiger partial charge in [-0.05, 0) is 36.1 Å². The van der Waals surface area contributed by atoms with E-state index in [9.17, 15) is 9.90 Å². The molecule has 0 saturated carbocycles. The Balaban J connectivity index is 2.30. The highest BCUT2D eigenvalue weighted by atomic mass is 16.5. The Kier molecular flexibility index (Phi) is 4.45. The van der Waals surface area contributed by atoms with Crippen LogP contribution in [-0.4, -0.2) is 24.8 Å². The van der Waals surface area contributed by atoms with Crippen molar-refractivity contribution in [2.24, 2.45) is 0 Å². The minimum Gasteiger partial charge on any atom is -0.507 e. The average Bonchev–Trinajstić information content (AvgIpc) is 2.47. The van der Waals surface area contributed by atoms with E-state index in [0.717, 1.165) is 18.2 Å². The van der Waals surface area contributed by atoms with Gasteiger partial charge in [0.1, 0.15) is 11.5 Å². The highest BCUT2D eigenvalue weighted by Crippen LogP contribution is 2.30. The summed E-state index contributed by atoms with van der Waals surface area (Å²) in [4.78, 5) is 11.9. The van der Waals surface area contributed by atoms with Crippen LogP contribution in [0.4, 0.5) is 0 Å². The summed E-state index contributed by atoms with van der Waals surface area (Å²) >= 11 is 0. The molecule has 20 heavy (non-hydrogen) atoms. The van der Waals surface area contributed by atoms with Crippen molar-refractivity contribution in [3.8, 4) is 11.5 Å². The number of carbonyl (C=O) groups is 1. The largest absolute Gasteiger partial charge is 0.507 e. The number of fused-ring (bicyclic) bond motifs is 1. The highest BCUT2D eigenvalue weighted by Gasteiger charge is 2.11. The minimum absolute atomic E-state index is 0.0452. The zero-order valence-corrected chi connectivity index (χ0v) is 11.7. The van der Waals surface area contributed by atoms with Gasteiger partial charge in [-0.1, -0.05) is 19.4 Å². The monoisotopic (exact) mass is 274 g/mol. The van der Waals surface area contributed by atoms with Gasteiger partial charge in [0.15, 0.2) is 0 Å². The van der Waals surface area contributed by atoms with Crippen molar-refractivity contribution < 1.29 is 19.4 Å². The maximum atomic E-state index is 11.9. The molecule has 0 spiro atoms. The normalized spacial score (nSPS) is 10.5. The maximum absolute atomic E-state index is 11.9. The second-order valence-electron chi connectivity index (χ2n) is 4.57. The Morgan fingerprint density at radius 1 is 1.25 bits per heavy atom. The molecule has 0 unspecified atom stereocenters. The fourth-order valence-electron chi connectivity index (χ4n) is 1.95. The van der Waals surface area contributed by atoms with E-state index < -0.39 is 5.97 Å². The summed E-state index contributed by atoms with van der Waals surface area (Å²) in [6.45, 7) is 2.43. The summed E-state index contributed by atoms with van der Waals surface area (Å²) < 4.78 is 10.3. The smallest absolute Gasteiger partial charge is 0.338 e. The third kappa shape index (κ3) is 3.02. The van der Waals surface area contributed by atoms with Crippen LogP contribution in [0.25, 0.3) is 10.8 Å². The molecule has 2 aromatic carbocycles. The number of unbranched alkanes of at least 4 members (excludes halogenated alkanes) is 1. The summed E-state index contributed by atoms with van der Waals surface area (Å²) in [6.07, 6.45) is 1.80. The average molecular weight is 274 g/mol. The topological polar surface area (TPSA) is 55.8 Å². The Morgan fingerprint density at radius 2 is 2.05 bits per heavy atom. The predicted molar refractivity (Wildman–Crippen MR) is 77.4 cm³/mol. The number of aromatic hydroxyl groups is 1. The van der Waals surface area contributed by atoms with Gasteiger partial charge in [0.05, 0.1) is 19.3 Å². The lowest BCUT2D eigenvalue weighted by atomic mass is 10.1. The van der Waals surface area contributed by atoms with E-state index in [0.29, 0.717) is 23.3 Å². The van der Waals surface area contributed by atoms with Crippen molar-refractivity contribution in [3.05, 3.63) is 35.9 Å². The molecule has 2 rings (SSSR count). The van der Waals surface area contributed by atoms with E-state index in [1.807, 2.05) is 6.92 Å². The van der Waals surface area contributed by atoms with Crippen LogP contribution in [0.3, 0.4) is 0 Å². The molecule has 0 amide bonds. The van der Waals surface area contributed by atoms with Crippen molar-refractivity contribution in [1.29, 1.82) is 0 Å². The first-order chi connectivity index (χ1) is 9.65. The van der Waals surface area contributed by atoms with Crippen LogP contribution < -0.4 is 4.74 Å². The first-order valence-corrected chi connectivity index (χ1v) is 6.63.